The van der Waals surface area contributed by atoms with Gasteiger partial charge in [0.25, 0.3) is 0 Å². The zero-order valence-corrected chi connectivity index (χ0v) is 12.0. The second-order valence-electron chi connectivity index (χ2n) is 5.51. The van der Waals surface area contributed by atoms with Crippen molar-refractivity contribution in [2.45, 2.75) is 20.3 Å². The number of imidazole rings is 1. The summed E-state index contributed by atoms with van der Waals surface area (Å²) in [7, 11) is 2.13. The Hall–Kier alpha value is -1.55. The first kappa shape index (κ1) is 12.5. The highest BCUT2D eigenvalue weighted by atomic mass is 15.3. The number of anilines is 1. The van der Waals surface area contributed by atoms with Gasteiger partial charge >= 0.3 is 0 Å². The van der Waals surface area contributed by atoms with Crippen molar-refractivity contribution in [2.75, 3.05) is 31.1 Å². The lowest BCUT2D eigenvalue weighted by molar-refractivity contribution is 0.724. The van der Waals surface area contributed by atoms with Crippen molar-refractivity contribution in [2.24, 2.45) is 7.05 Å². The molecule has 3 rings (SSSR count). The van der Waals surface area contributed by atoms with Crippen LogP contribution in [0.4, 0.5) is 5.95 Å². The average molecular weight is 258 g/mol. The molecular weight excluding hydrogens is 236 g/mol. The monoisotopic (exact) mass is 258 g/mol. The molecule has 0 aliphatic carbocycles. The van der Waals surface area contributed by atoms with Gasteiger partial charge in [-0.05, 0) is 44.0 Å². The highest BCUT2D eigenvalue weighted by molar-refractivity contribution is 5.82. The number of rotatable bonds is 1. The second kappa shape index (κ2) is 4.85. The fourth-order valence-electron chi connectivity index (χ4n) is 3.07. The van der Waals surface area contributed by atoms with Crippen LogP contribution in [0.2, 0.25) is 0 Å². The first-order chi connectivity index (χ1) is 9.16. The van der Waals surface area contributed by atoms with Crippen LogP contribution in [0.1, 0.15) is 17.5 Å². The molecule has 4 nitrogen and oxygen atoms in total. The van der Waals surface area contributed by atoms with Crippen LogP contribution in [0, 0.1) is 13.8 Å². The maximum Gasteiger partial charge on any atom is 0.206 e. The van der Waals surface area contributed by atoms with Crippen LogP contribution in [0.5, 0.6) is 0 Å². The van der Waals surface area contributed by atoms with Crippen LogP contribution in [0.15, 0.2) is 12.1 Å². The third-order valence-electron chi connectivity index (χ3n) is 3.90. The second-order valence-corrected chi connectivity index (χ2v) is 5.51. The fraction of sp³-hybridized carbons (Fsp3) is 0.533. The first-order valence-electron chi connectivity index (χ1n) is 7.06. The average Bonchev–Trinajstić information content (AvgIpc) is 2.56. The Morgan fingerprint density at radius 2 is 2.00 bits per heavy atom. The van der Waals surface area contributed by atoms with Crippen molar-refractivity contribution in [3.63, 3.8) is 0 Å². The van der Waals surface area contributed by atoms with Gasteiger partial charge in [0.15, 0.2) is 0 Å². The summed E-state index contributed by atoms with van der Waals surface area (Å²) in [6, 6.07) is 4.42. The van der Waals surface area contributed by atoms with Crippen LogP contribution in [0.25, 0.3) is 11.0 Å². The number of aromatic nitrogens is 2. The minimum absolute atomic E-state index is 1.04. The molecule has 0 bridgehead atoms. The number of hydrogen-bond donors (Lipinski definition) is 1. The van der Waals surface area contributed by atoms with E-state index in [1.54, 1.807) is 0 Å². The van der Waals surface area contributed by atoms with Crippen molar-refractivity contribution in [3.05, 3.63) is 23.3 Å². The maximum absolute atomic E-state index is 4.86. The van der Waals surface area contributed by atoms with Crippen molar-refractivity contribution >= 4 is 17.0 Å². The molecule has 0 unspecified atom stereocenters. The van der Waals surface area contributed by atoms with Gasteiger partial charge in [-0.3, -0.25) is 0 Å². The van der Waals surface area contributed by atoms with E-state index in [4.69, 9.17) is 4.98 Å². The molecule has 1 saturated heterocycles. The molecule has 2 heterocycles. The van der Waals surface area contributed by atoms with Crippen LogP contribution in [0.3, 0.4) is 0 Å². The van der Waals surface area contributed by atoms with Crippen molar-refractivity contribution in [1.82, 2.24) is 14.9 Å². The summed E-state index contributed by atoms with van der Waals surface area (Å²) in [5.74, 6) is 1.10. The Kier molecular flexibility index (Phi) is 3.19. The molecule has 1 aromatic carbocycles. The molecule has 4 heteroatoms. The molecule has 1 fully saturated rings. The lowest BCUT2D eigenvalue weighted by atomic mass is 10.1. The smallest absolute Gasteiger partial charge is 0.206 e. The predicted octanol–water partition coefficient (Wildman–Crippen LogP) is 1.99. The zero-order chi connectivity index (χ0) is 13.4. The van der Waals surface area contributed by atoms with E-state index in [0.29, 0.717) is 0 Å². The Balaban J connectivity index is 2.08. The SMILES string of the molecule is Cc1cc(C)c2c(c1)nc(N1CCCNCC1)n2C. The Morgan fingerprint density at radius 1 is 1.16 bits per heavy atom. The van der Waals surface area contributed by atoms with Gasteiger partial charge in [-0.25, -0.2) is 4.98 Å². The van der Waals surface area contributed by atoms with E-state index in [2.05, 4.69) is 47.8 Å². The largest absolute Gasteiger partial charge is 0.341 e. The van der Waals surface area contributed by atoms with Gasteiger partial charge in [-0.15, -0.1) is 0 Å². The number of nitrogens with zero attached hydrogens (tertiary/aromatic N) is 3. The minimum Gasteiger partial charge on any atom is -0.341 e. The van der Waals surface area contributed by atoms with E-state index >= 15 is 0 Å². The molecule has 0 spiro atoms. The molecule has 0 saturated carbocycles. The van der Waals surface area contributed by atoms with Gasteiger partial charge in [-0.2, -0.15) is 0 Å². The molecule has 1 aliphatic rings. The van der Waals surface area contributed by atoms with Crippen LogP contribution >= 0.6 is 0 Å². The molecule has 0 atom stereocenters. The van der Waals surface area contributed by atoms with Gasteiger partial charge in [-0.1, -0.05) is 6.07 Å². The summed E-state index contributed by atoms with van der Waals surface area (Å²) in [6.07, 6.45) is 1.18. The van der Waals surface area contributed by atoms with Gasteiger partial charge in [0.05, 0.1) is 11.0 Å². The van der Waals surface area contributed by atoms with Gasteiger partial charge < -0.3 is 14.8 Å². The number of aryl methyl sites for hydroxylation is 3. The van der Waals surface area contributed by atoms with E-state index in [1.807, 2.05) is 0 Å². The molecule has 1 N–H and O–H groups in total. The fourth-order valence-corrected chi connectivity index (χ4v) is 3.07. The van der Waals surface area contributed by atoms with Crippen LogP contribution in [-0.4, -0.2) is 35.7 Å². The van der Waals surface area contributed by atoms with Crippen molar-refractivity contribution < 1.29 is 0 Å². The van der Waals surface area contributed by atoms with E-state index in [9.17, 15) is 0 Å². The van der Waals surface area contributed by atoms with E-state index in [0.717, 1.165) is 37.6 Å². The third-order valence-corrected chi connectivity index (χ3v) is 3.90. The Morgan fingerprint density at radius 3 is 2.84 bits per heavy atom. The quantitative estimate of drug-likeness (QED) is 0.849. The standard InChI is InChI=1S/C15H22N4/c1-11-9-12(2)14-13(10-11)17-15(18(14)3)19-7-4-5-16-6-8-19/h9-10,16H,4-8H2,1-3H3. The molecular formula is C15H22N4. The number of fused-ring (bicyclic) bond motifs is 1. The lowest BCUT2D eigenvalue weighted by Gasteiger charge is -2.21. The van der Waals surface area contributed by atoms with E-state index in [1.165, 1.54) is 23.1 Å². The van der Waals surface area contributed by atoms with Crippen molar-refractivity contribution in [3.8, 4) is 0 Å². The summed E-state index contributed by atoms with van der Waals surface area (Å²) in [5, 5.41) is 3.44. The molecule has 102 valence electrons. The summed E-state index contributed by atoms with van der Waals surface area (Å²) in [5.41, 5.74) is 4.97. The minimum atomic E-state index is 1.04. The van der Waals surface area contributed by atoms with Gasteiger partial charge in [0.1, 0.15) is 0 Å². The van der Waals surface area contributed by atoms with Crippen LogP contribution < -0.4 is 10.2 Å². The topological polar surface area (TPSA) is 33.1 Å². The molecule has 19 heavy (non-hydrogen) atoms. The van der Waals surface area contributed by atoms with Gasteiger partial charge in [0, 0.05) is 26.7 Å². The van der Waals surface area contributed by atoms with Crippen LogP contribution in [-0.2, 0) is 7.05 Å². The maximum atomic E-state index is 4.86. The van der Waals surface area contributed by atoms with Gasteiger partial charge in [0.2, 0.25) is 5.95 Å². The lowest BCUT2D eigenvalue weighted by Crippen LogP contribution is -2.29. The van der Waals surface area contributed by atoms with Crippen molar-refractivity contribution in [1.29, 1.82) is 0 Å². The van der Waals surface area contributed by atoms with E-state index in [-0.39, 0.29) is 0 Å². The highest BCUT2D eigenvalue weighted by Gasteiger charge is 2.17. The summed E-state index contributed by atoms with van der Waals surface area (Å²) in [6.45, 7) is 8.58. The molecule has 0 amide bonds. The Labute approximate surface area is 114 Å². The Bertz CT molecular complexity index is 592. The highest BCUT2D eigenvalue weighted by Crippen LogP contribution is 2.25. The summed E-state index contributed by atoms with van der Waals surface area (Å²) < 4.78 is 2.25. The molecule has 1 aliphatic heterocycles. The number of hydrogen-bond acceptors (Lipinski definition) is 3. The number of benzene rings is 1. The summed E-state index contributed by atoms with van der Waals surface area (Å²) >= 11 is 0. The zero-order valence-electron chi connectivity index (χ0n) is 12.0. The molecule has 2 aromatic rings. The molecule has 0 radical (unpaired) electrons. The number of nitrogens with one attached hydrogen (secondary N) is 1. The van der Waals surface area contributed by atoms with E-state index < -0.39 is 0 Å². The third kappa shape index (κ3) is 2.21. The predicted molar refractivity (Wildman–Crippen MR) is 79.9 cm³/mol. The molecule has 1 aromatic heterocycles. The normalized spacial score (nSPS) is 16.9. The first-order valence-corrected chi connectivity index (χ1v) is 7.06. The summed E-state index contributed by atoms with van der Waals surface area (Å²) in [4.78, 5) is 7.26.